The molecule has 1 heterocycles. The van der Waals surface area contributed by atoms with Crippen LogP contribution in [-0.4, -0.2) is 14.9 Å². The summed E-state index contributed by atoms with van der Waals surface area (Å²) in [6.45, 7) is 0. The van der Waals surface area contributed by atoms with E-state index in [4.69, 9.17) is 16.1 Å². The molecule has 15 heavy (non-hydrogen) atoms. The lowest BCUT2D eigenvalue weighted by molar-refractivity contribution is 0.475. The average molecular weight is 200 g/mol. The summed E-state index contributed by atoms with van der Waals surface area (Å²) in [4.78, 5) is 0. The normalized spacial score (nSPS) is 9.80. The largest absolute Gasteiger partial charge is 0.508 e. The van der Waals surface area contributed by atoms with Crippen LogP contribution in [0.4, 0.5) is 5.82 Å². The fourth-order valence-corrected chi connectivity index (χ4v) is 1.24. The summed E-state index contributed by atoms with van der Waals surface area (Å²) in [5.74, 6) is 0.466. The first-order valence-electron chi connectivity index (χ1n) is 4.25. The molecule has 5 nitrogen and oxygen atoms in total. The Bertz CT molecular complexity index is 521. The second-order valence-electron chi connectivity index (χ2n) is 2.98. The lowest BCUT2D eigenvalue weighted by Gasteiger charge is -2.03. The molecule has 3 N–H and O–H groups in total. The minimum Gasteiger partial charge on any atom is -0.508 e. The molecule has 2 aromatic rings. The third-order valence-corrected chi connectivity index (χ3v) is 2.02. The van der Waals surface area contributed by atoms with Gasteiger partial charge >= 0.3 is 0 Å². The number of rotatable bonds is 1. The summed E-state index contributed by atoms with van der Waals surface area (Å²) in [5.41, 5.74) is 6.74. The van der Waals surface area contributed by atoms with E-state index >= 15 is 0 Å². The van der Waals surface area contributed by atoms with Gasteiger partial charge in [0, 0.05) is 0 Å². The van der Waals surface area contributed by atoms with Crippen LogP contribution in [0, 0.1) is 11.3 Å². The molecular formula is C10H8N4O. The lowest BCUT2D eigenvalue weighted by atomic mass is 10.3. The van der Waals surface area contributed by atoms with Crippen LogP contribution in [0.25, 0.3) is 5.69 Å². The minimum absolute atomic E-state index is 0.171. The Morgan fingerprint density at radius 2 is 2.00 bits per heavy atom. The van der Waals surface area contributed by atoms with E-state index in [9.17, 15) is 0 Å². The maximum absolute atomic E-state index is 9.11. The van der Waals surface area contributed by atoms with Crippen LogP contribution in [-0.2, 0) is 0 Å². The average Bonchev–Trinajstić information content (AvgIpc) is 2.61. The molecule has 0 bridgehead atoms. The van der Waals surface area contributed by atoms with Crippen molar-refractivity contribution in [3.8, 4) is 17.5 Å². The first kappa shape index (κ1) is 9.09. The standard InChI is InChI=1S/C10H8N4O/c11-5-7-6-13-14(10(7)12)8-1-3-9(15)4-2-8/h1-4,6,15H,12H2. The number of hydrogen-bond acceptors (Lipinski definition) is 4. The topological polar surface area (TPSA) is 87.9 Å². The first-order chi connectivity index (χ1) is 7.22. The Labute approximate surface area is 86.0 Å². The Balaban J connectivity index is 2.51. The zero-order valence-corrected chi connectivity index (χ0v) is 7.75. The van der Waals surface area contributed by atoms with Crippen molar-refractivity contribution in [2.45, 2.75) is 0 Å². The van der Waals surface area contributed by atoms with Gasteiger partial charge in [0.15, 0.2) is 0 Å². The van der Waals surface area contributed by atoms with E-state index in [-0.39, 0.29) is 5.75 Å². The van der Waals surface area contributed by atoms with Crippen LogP contribution in [0.3, 0.4) is 0 Å². The number of benzene rings is 1. The van der Waals surface area contributed by atoms with E-state index in [1.807, 2.05) is 6.07 Å². The predicted octanol–water partition coefficient (Wildman–Crippen LogP) is 1.03. The Hall–Kier alpha value is -2.48. The second kappa shape index (κ2) is 3.35. The minimum atomic E-state index is 0.171. The molecule has 0 aliphatic carbocycles. The molecule has 0 aliphatic rings. The van der Waals surface area contributed by atoms with Crippen LogP contribution in [0.1, 0.15) is 5.56 Å². The van der Waals surface area contributed by atoms with Crippen LogP contribution in [0.5, 0.6) is 5.75 Å². The Morgan fingerprint density at radius 1 is 1.33 bits per heavy atom. The number of anilines is 1. The third kappa shape index (κ3) is 1.48. The maximum Gasteiger partial charge on any atom is 0.145 e. The number of nitrogens with two attached hydrogens (primary N) is 1. The molecule has 0 atom stereocenters. The van der Waals surface area contributed by atoms with Gasteiger partial charge in [-0.1, -0.05) is 0 Å². The molecule has 0 unspecified atom stereocenters. The fourth-order valence-electron chi connectivity index (χ4n) is 1.24. The highest BCUT2D eigenvalue weighted by Crippen LogP contribution is 2.18. The zero-order chi connectivity index (χ0) is 10.8. The molecule has 0 amide bonds. The van der Waals surface area contributed by atoms with E-state index in [1.54, 1.807) is 12.1 Å². The van der Waals surface area contributed by atoms with Gasteiger partial charge in [-0.05, 0) is 24.3 Å². The summed E-state index contributed by atoms with van der Waals surface area (Å²) in [7, 11) is 0. The maximum atomic E-state index is 9.11. The molecule has 0 fully saturated rings. The fraction of sp³-hybridized carbons (Fsp3) is 0. The van der Waals surface area contributed by atoms with Crippen molar-refractivity contribution >= 4 is 5.82 Å². The van der Waals surface area contributed by atoms with Crippen molar-refractivity contribution < 1.29 is 5.11 Å². The summed E-state index contributed by atoms with van der Waals surface area (Å²) < 4.78 is 1.44. The molecule has 0 saturated heterocycles. The highest BCUT2D eigenvalue weighted by molar-refractivity contribution is 5.52. The number of aromatic hydroxyl groups is 1. The number of nitriles is 1. The van der Waals surface area contributed by atoms with E-state index < -0.39 is 0 Å². The zero-order valence-electron chi connectivity index (χ0n) is 7.75. The van der Waals surface area contributed by atoms with E-state index in [2.05, 4.69) is 5.10 Å². The van der Waals surface area contributed by atoms with Crippen molar-refractivity contribution in [1.29, 1.82) is 5.26 Å². The number of aromatic nitrogens is 2. The molecule has 74 valence electrons. The van der Waals surface area contributed by atoms with Gasteiger partial charge in [-0.3, -0.25) is 0 Å². The van der Waals surface area contributed by atoms with Crippen molar-refractivity contribution in [2.24, 2.45) is 0 Å². The number of nitrogens with zero attached hydrogens (tertiary/aromatic N) is 3. The molecule has 2 rings (SSSR count). The van der Waals surface area contributed by atoms with E-state index in [0.717, 1.165) is 0 Å². The highest BCUT2D eigenvalue weighted by atomic mass is 16.3. The Kier molecular flexibility index (Phi) is 2.03. The molecular weight excluding hydrogens is 192 g/mol. The quantitative estimate of drug-likeness (QED) is 0.719. The van der Waals surface area contributed by atoms with Crippen LogP contribution in [0.15, 0.2) is 30.5 Å². The van der Waals surface area contributed by atoms with Gasteiger partial charge in [0.25, 0.3) is 0 Å². The van der Waals surface area contributed by atoms with Gasteiger partial charge in [0.05, 0.1) is 11.9 Å². The Morgan fingerprint density at radius 3 is 2.53 bits per heavy atom. The number of hydrogen-bond donors (Lipinski definition) is 2. The second-order valence-corrected chi connectivity index (χ2v) is 2.98. The molecule has 5 heteroatoms. The lowest BCUT2D eigenvalue weighted by Crippen LogP contribution is -2.01. The van der Waals surface area contributed by atoms with E-state index in [1.165, 1.54) is 23.0 Å². The van der Waals surface area contributed by atoms with Crippen molar-refractivity contribution in [3.05, 3.63) is 36.0 Å². The summed E-state index contributed by atoms with van der Waals surface area (Å²) in [6.07, 6.45) is 1.40. The summed E-state index contributed by atoms with van der Waals surface area (Å²) in [5, 5.41) is 21.8. The van der Waals surface area contributed by atoms with Crippen LogP contribution < -0.4 is 5.73 Å². The van der Waals surface area contributed by atoms with Crippen molar-refractivity contribution in [1.82, 2.24) is 9.78 Å². The third-order valence-electron chi connectivity index (χ3n) is 2.02. The number of phenolic OH excluding ortho intramolecular Hbond substituents is 1. The smallest absolute Gasteiger partial charge is 0.145 e. The van der Waals surface area contributed by atoms with Gasteiger partial charge in [-0.2, -0.15) is 10.4 Å². The summed E-state index contributed by atoms with van der Waals surface area (Å²) in [6, 6.07) is 8.33. The van der Waals surface area contributed by atoms with Crippen molar-refractivity contribution in [3.63, 3.8) is 0 Å². The first-order valence-corrected chi connectivity index (χ1v) is 4.25. The van der Waals surface area contributed by atoms with Crippen molar-refractivity contribution in [2.75, 3.05) is 5.73 Å². The molecule has 0 radical (unpaired) electrons. The van der Waals surface area contributed by atoms with Gasteiger partial charge in [-0.25, -0.2) is 4.68 Å². The molecule has 0 saturated carbocycles. The summed E-state index contributed by atoms with van der Waals surface area (Å²) >= 11 is 0. The van der Waals surface area contributed by atoms with Crippen LogP contribution in [0.2, 0.25) is 0 Å². The van der Waals surface area contributed by atoms with E-state index in [0.29, 0.717) is 17.1 Å². The molecule has 1 aromatic heterocycles. The predicted molar refractivity (Wildman–Crippen MR) is 54.4 cm³/mol. The SMILES string of the molecule is N#Cc1cnn(-c2ccc(O)cc2)c1N. The van der Waals surface area contributed by atoms with Gasteiger partial charge in [0.1, 0.15) is 23.2 Å². The van der Waals surface area contributed by atoms with Crippen LogP contribution >= 0.6 is 0 Å². The monoisotopic (exact) mass is 200 g/mol. The van der Waals surface area contributed by atoms with Gasteiger partial charge < -0.3 is 10.8 Å². The van der Waals surface area contributed by atoms with Gasteiger partial charge in [0.2, 0.25) is 0 Å². The highest BCUT2D eigenvalue weighted by Gasteiger charge is 2.07. The molecule has 0 spiro atoms. The number of phenols is 1. The molecule has 0 aliphatic heterocycles. The number of nitrogen functional groups attached to an aromatic ring is 1. The van der Waals surface area contributed by atoms with Gasteiger partial charge in [-0.15, -0.1) is 0 Å². The molecule has 1 aromatic carbocycles.